The smallest absolute Gasteiger partial charge is 0.340 e. The van der Waals surface area contributed by atoms with E-state index in [-0.39, 0.29) is 17.1 Å². The second-order valence-corrected chi connectivity index (χ2v) is 6.50. The van der Waals surface area contributed by atoms with Gasteiger partial charge in [-0.1, -0.05) is 48.0 Å². The van der Waals surface area contributed by atoms with Crippen LogP contribution in [0.1, 0.15) is 21.5 Å². The number of halogens is 1. The third-order valence-corrected chi connectivity index (χ3v) is 4.79. The summed E-state index contributed by atoms with van der Waals surface area (Å²) in [6.45, 7) is -0.238. The van der Waals surface area contributed by atoms with Crippen LogP contribution in [0.25, 0.3) is 0 Å². The second-order valence-electron chi connectivity index (χ2n) is 6.09. The predicted molar refractivity (Wildman–Crippen MR) is 98.2 cm³/mol. The summed E-state index contributed by atoms with van der Waals surface area (Å²) in [6.07, 6.45) is 0.354. The molecule has 0 aromatic heterocycles. The predicted octanol–water partition coefficient (Wildman–Crippen LogP) is 2.62. The monoisotopic (exact) mass is 387 g/mol. The van der Waals surface area contributed by atoms with Gasteiger partial charge in [0.1, 0.15) is 6.04 Å². The maximum absolute atomic E-state index is 12.7. The highest BCUT2D eigenvalue weighted by Crippen LogP contribution is 2.24. The van der Waals surface area contributed by atoms with Crippen LogP contribution in [0.2, 0.25) is 5.02 Å². The van der Waals surface area contributed by atoms with E-state index in [9.17, 15) is 14.4 Å². The van der Waals surface area contributed by atoms with Crippen LogP contribution in [0.5, 0.6) is 0 Å². The molecule has 0 fully saturated rings. The van der Waals surface area contributed by atoms with Gasteiger partial charge in [0.2, 0.25) is 0 Å². The third kappa shape index (κ3) is 4.11. The van der Waals surface area contributed by atoms with Gasteiger partial charge in [-0.05, 0) is 23.3 Å². The maximum Gasteiger partial charge on any atom is 0.340 e. The SMILES string of the molecule is COC(=O)[C@H]1Cc2ccccc2CN1C(=O)COC(=O)c1ccccc1Cl. The Labute approximate surface area is 161 Å². The number of methoxy groups -OCH3 is 1. The molecule has 27 heavy (non-hydrogen) atoms. The number of ether oxygens (including phenoxy) is 2. The Hall–Kier alpha value is -2.86. The van der Waals surface area contributed by atoms with Gasteiger partial charge in [0.25, 0.3) is 5.91 Å². The highest BCUT2D eigenvalue weighted by molar-refractivity contribution is 6.33. The van der Waals surface area contributed by atoms with E-state index in [0.29, 0.717) is 6.42 Å². The van der Waals surface area contributed by atoms with Crippen LogP contribution < -0.4 is 0 Å². The van der Waals surface area contributed by atoms with E-state index >= 15 is 0 Å². The van der Waals surface area contributed by atoms with E-state index in [1.54, 1.807) is 18.2 Å². The maximum atomic E-state index is 12.7. The molecular formula is C20H18ClNO5. The van der Waals surface area contributed by atoms with Crippen molar-refractivity contribution in [3.63, 3.8) is 0 Å². The van der Waals surface area contributed by atoms with Crippen molar-refractivity contribution in [2.24, 2.45) is 0 Å². The molecule has 1 atom stereocenters. The Bertz CT molecular complexity index is 882. The van der Waals surface area contributed by atoms with Crippen LogP contribution in [-0.2, 0) is 32.0 Å². The number of nitrogens with zero attached hydrogens (tertiary/aromatic N) is 1. The van der Waals surface area contributed by atoms with E-state index in [0.717, 1.165) is 11.1 Å². The van der Waals surface area contributed by atoms with Crippen molar-refractivity contribution in [3.8, 4) is 0 Å². The zero-order chi connectivity index (χ0) is 19.4. The first-order valence-electron chi connectivity index (χ1n) is 8.37. The van der Waals surface area contributed by atoms with Crippen molar-refractivity contribution in [3.05, 3.63) is 70.2 Å². The van der Waals surface area contributed by atoms with Crippen LogP contribution in [0, 0.1) is 0 Å². The summed E-state index contributed by atoms with van der Waals surface area (Å²) < 4.78 is 9.94. The molecule has 1 aliphatic heterocycles. The first-order valence-corrected chi connectivity index (χ1v) is 8.74. The van der Waals surface area contributed by atoms with Gasteiger partial charge < -0.3 is 14.4 Å². The average Bonchev–Trinajstić information content (AvgIpc) is 2.70. The summed E-state index contributed by atoms with van der Waals surface area (Å²) in [4.78, 5) is 38.4. The number of esters is 2. The number of amides is 1. The fraction of sp³-hybridized carbons (Fsp3) is 0.250. The molecule has 0 saturated carbocycles. The van der Waals surface area contributed by atoms with E-state index in [4.69, 9.17) is 21.1 Å². The molecule has 2 aromatic carbocycles. The van der Waals surface area contributed by atoms with Gasteiger partial charge in [0, 0.05) is 13.0 Å². The normalized spacial score (nSPS) is 15.6. The van der Waals surface area contributed by atoms with E-state index in [2.05, 4.69) is 0 Å². The van der Waals surface area contributed by atoms with Crippen molar-refractivity contribution >= 4 is 29.4 Å². The second kappa shape index (κ2) is 8.22. The molecular weight excluding hydrogens is 370 g/mol. The summed E-state index contributed by atoms with van der Waals surface area (Å²) in [7, 11) is 1.28. The molecule has 0 unspecified atom stereocenters. The number of hydrogen-bond donors (Lipinski definition) is 0. The highest BCUT2D eigenvalue weighted by Gasteiger charge is 2.35. The molecule has 1 heterocycles. The zero-order valence-corrected chi connectivity index (χ0v) is 15.4. The molecule has 6 nitrogen and oxygen atoms in total. The van der Waals surface area contributed by atoms with Gasteiger partial charge >= 0.3 is 11.9 Å². The molecule has 0 bridgehead atoms. The Morgan fingerprint density at radius 1 is 1.07 bits per heavy atom. The lowest BCUT2D eigenvalue weighted by Crippen LogP contribution is -2.50. The third-order valence-electron chi connectivity index (χ3n) is 4.46. The van der Waals surface area contributed by atoms with Gasteiger partial charge in [-0.3, -0.25) is 4.79 Å². The van der Waals surface area contributed by atoms with Crippen molar-refractivity contribution in [1.29, 1.82) is 0 Å². The summed E-state index contributed by atoms with van der Waals surface area (Å²) in [5.74, 6) is -1.67. The van der Waals surface area contributed by atoms with Crippen LogP contribution >= 0.6 is 11.6 Å². The van der Waals surface area contributed by atoms with Gasteiger partial charge in [-0.15, -0.1) is 0 Å². The fourth-order valence-corrected chi connectivity index (χ4v) is 3.26. The Morgan fingerprint density at radius 2 is 1.74 bits per heavy atom. The van der Waals surface area contributed by atoms with Crippen molar-refractivity contribution in [2.45, 2.75) is 19.0 Å². The Kier molecular flexibility index (Phi) is 5.76. The quantitative estimate of drug-likeness (QED) is 0.754. The summed E-state index contributed by atoms with van der Waals surface area (Å²) in [6, 6.07) is 13.3. The van der Waals surface area contributed by atoms with Crippen LogP contribution in [0.15, 0.2) is 48.5 Å². The molecule has 0 N–H and O–H groups in total. The van der Waals surface area contributed by atoms with Crippen molar-refractivity contribution in [2.75, 3.05) is 13.7 Å². The number of hydrogen-bond acceptors (Lipinski definition) is 5. The molecule has 2 aromatic rings. The number of rotatable bonds is 4. The number of fused-ring (bicyclic) bond motifs is 1. The lowest BCUT2D eigenvalue weighted by atomic mass is 9.94. The lowest BCUT2D eigenvalue weighted by molar-refractivity contribution is -0.155. The minimum absolute atomic E-state index is 0.181. The molecule has 1 amide bonds. The van der Waals surface area contributed by atoms with Crippen LogP contribution in [0.3, 0.4) is 0 Å². The van der Waals surface area contributed by atoms with E-state index in [1.807, 2.05) is 24.3 Å². The largest absolute Gasteiger partial charge is 0.467 e. The number of carbonyl (C=O) groups excluding carboxylic acids is 3. The molecule has 3 rings (SSSR count). The van der Waals surface area contributed by atoms with Gasteiger partial charge in [-0.2, -0.15) is 0 Å². The van der Waals surface area contributed by atoms with Gasteiger partial charge in [-0.25, -0.2) is 9.59 Å². The minimum Gasteiger partial charge on any atom is -0.467 e. The van der Waals surface area contributed by atoms with Gasteiger partial charge in [0.15, 0.2) is 6.61 Å². The Morgan fingerprint density at radius 3 is 2.44 bits per heavy atom. The lowest BCUT2D eigenvalue weighted by Gasteiger charge is -2.35. The molecule has 0 aliphatic carbocycles. The standard InChI is InChI=1S/C20H18ClNO5/c1-26-20(25)17-10-13-6-2-3-7-14(13)11-22(17)18(23)12-27-19(24)15-8-4-5-9-16(15)21/h2-9,17H,10-12H2,1H3/t17-/m1/s1. The average molecular weight is 388 g/mol. The van der Waals surface area contributed by atoms with Crippen molar-refractivity contribution in [1.82, 2.24) is 4.90 Å². The first kappa shape index (κ1) is 18.9. The Balaban J connectivity index is 1.73. The fourth-order valence-electron chi connectivity index (χ4n) is 3.05. The molecule has 0 spiro atoms. The molecule has 0 radical (unpaired) electrons. The molecule has 140 valence electrons. The zero-order valence-electron chi connectivity index (χ0n) is 14.7. The highest BCUT2D eigenvalue weighted by atomic mass is 35.5. The van der Waals surface area contributed by atoms with Crippen LogP contribution in [0.4, 0.5) is 0 Å². The van der Waals surface area contributed by atoms with Gasteiger partial charge in [0.05, 0.1) is 17.7 Å². The first-order chi connectivity index (χ1) is 13.0. The van der Waals surface area contributed by atoms with E-state index in [1.165, 1.54) is 18.1 Å². The molecule has 1 aliphatic rings. The summed E-state index contributed by atoms with van der Waals surface area (Å²) in [5.41, 5.74) is 2.12. The molecule has 0 saturated heterocycles. The summed E-state index contributed by atoms with van der Waals surface area (Å²) in [5, 5.41) is 0.245. The number of carbonyl (C=O) groups is 3. The summed E-state index contributed by atoms with van der Waals surface area (Å²) >= 11 is 5.97. The molecule has 7 heteroatoms. The number of benzene rings is 2. The minimum atomic E-state index is -0.753. The van der Waals surface area contributed by atoms with E-state index < -0.39 is 30.5 Å². The van der Waals surface area contributed by atoms with Crippen LogP contribution in [-0.4, -0.2) is 42.5 Å². The van der Waals surface area contributed by atoms with Crippen molar-refractivity contribution < 1.29 is 23.9 Å². The topological polar surface area (TPSA) is 72.9 Å².